The largest absolute Gasteiger partial charge is 0.462 e. The van der Waals surface area contributed by atoms with Gasteiger partial charge in [-0.05, 0) is 70.6 Å². The van der Waals surface area contributed by atoms with E-state index >= 15 is 0 Å². The van der Waals surface area contributed by atoms with E-state index in [-0.39, 0.29) is 31.1 Å². The Balaban J connectivity index is 4.43. The molecule has 0 heterocycles. The maximum absolute atomic E-state index is 12.9. The lowest BCUT2D eigenvalue weighted by atomic mass is 10.0. The molecule has 6 heteroatoms. The van der Waals surface area contributed by atoms with E-state index in [2.05, 4.69) is 93.7 Å². The number of hydrogen-bond donors (Lipinski definition) is 0. The highest BCUT2D eigenvalue weighted by Crippen LogP contribution is 2.17. The van der Waals surface area contributed by atoms with Crippen molar-refractivity contribution in [2.45, 2.75) is 297 Å². The second-order valence-electron chi connectivity index (χ2n) is 20.4. The van der Waals surface area contributed by atoms with E-state index in [0.717, 1.165) is 103 Å². The van der Waals surface area contributed by atoms with Crippen LogP contribution in [-0.2, 0) is 28.6 Å². The molecule has 0 amide bonds. The summed E-state index contributed by atoms with van der Waals surface area (Å²) in [4.78, 5) is 38.3. The van der Waals surface area contributed by atoms with E-state index in [1.165, 1.54) is 148 Å². The molecule has 0 aliphatic heterocycles. The zero-order valence-electron chi connectivity index (χ0n) is 47.9. The highest BCUT2D eigenvalue weighted by atomic mass is 16.6. The number of hydrogen-bond acceptors (Lipinski definition) is 6. The van der Waals surface area contributed by atoms with Crippen molar-refractivity contribution in [1.82, 2.24) is 0 Å². The highest BCUT2D eigenvalue weighted by molar-refractivity contribution is 5.71. The molecule has 0 rings (SSSR count). The van der Waals surface area contributed by atoms with E-state index in [1.54, 1.807) is 0 Å². The lowest BCUT2D eigenvalue weighted by Crippen LogP contribution is -2.30. The molecule has 0 fully saturated rings. The van der Waals surface area contributed by atoms with Crippen molar-refractivity contribution in [3.8, 4) is 0 Å². The predicted molar refractivity (Wildman–Crippen MR) is 316 cm³/mol. The zero-order valence-corrected chi connectivity index (χ0v) is 47.9. The van der Waals surface area contributed by atoms with Gasteiger partial charge in [0.15, 0.2) is 6.10 Å². The van der Waals surface area contributed by atoms with Crippen LogP contribution in [0.4, 0.5) is 0 Å². The van der Waals surface area contributed by atoms with Gasteiger partial charge in [0.1, 0.15) is 13.2 Å². The number of esters is 3. The number of allylic oxidation sites excluding steroid dienone is 16. The first-order chi connectivity index (χ1) is 36.0. The van der Waals surface area contributed by atoms with Crippen molar-refractivity contribution in [3.63, 3.8) is 0 Å². The number of ether oxygens (including phenoxy) is 3. The van der Waals surface area contributed by atoms with E-state index in [0.29, 0.717) is 19.3 Å². The van der Waals surface area contributed by atoms with Gasteiger partial charge in [-0.25, -0.2) is 0 Å². The van der Waals surface area contributed by atoms with Gasteiger partial charge in [-0.15, -0.1) is 0 Å². The molecular weight excluding hydrogens is 901 g/mol. The average Bonchev–Trinajstić information content (AvgIpc) is 3.39. The molecule has 0 saturated heterocycles. The maximum atomic E-state index is 12.9. The minimum absolute atomic E-state index is 0.0879. The Morgan fingerprint density at radius 2 is 0.616 bits per heavy atom. The lowest BCUT2D eigenvalue weighted by molar-refractivity contribution is -0.167. The third-order valence-corrected chi connectivity index (χ3v) is 13.2. The number of carbonyl (C=O) groups excluding carboxylic acids is 3. The summed E-state index contributed by atoms with van der Waals surface area (Å²) in [6.07, 6.45) is 81.1. The topological polar surface area (TPSA) is 78.9 Å². The quantitative estimate of drug-likeness (QED) is 0.0199. The molecule has 0 N–H and O–H groups in total. The van der Waals surface area contributed by atoms with E-state index in [9.17, 15) is 14.4 Å². The first kappa shape index (κ1) is 69.3. The molecule has 0 aromatic rings. The third-order valence-electron chi connectivity index (χ3n) is 13.2. The normalized spacial score (nSPS) is 12.8. The van der Waals surface area contributed by atoms with Gasteiger partial charge < -0.3 is 14.2 Å². The first-order valence-electron chi connectivity index (χ1n) is 30.8. The fourth-order valence-corrected chi connectivity index (χ4v) is 8.61. The molecule has 73 heavy (non-hydrogen) atoms. The van der Waals surface area contributed by atoms with Crippen molar-refractivity contribution < 1.29 is 28.6 Å². The van der Waals surface area contributed by atoms with E-state index < -0.39 is 6.10 Å². The van der Waals surface area contributed by atoms with Gasteiger partial charge in [-0.1, -0.05) is 298 Å². The molecule has 1 atom stereocenters. The summed E-state index contributed by atoms with van der Waals surface area (Å²) in [7, 11) is 0. The van der Waals surface area contributed by atoms with Gasteiger partial charge in [0, 0.05) is 19.3 Å². The molecular formula is C67H114O6. The lowest BCUT2D eigenvalue weighted by Gasteiger charge is -2.18. The molecule has 0 aromatic heterocycles. The fourth-order valence-electron chi connectivity index (χ4n) is 8.61. The predicted octanol–water partition coefficient (Wildman–Crippen LogP) is 20.9. The second-order valence-corrected chi connectivity index (χ2v) is 20.4. The third kappa shape index (κ3) is 59.1. The molecule has 1 unspecified atom stereocenters. The van der Waals surface area contributed by atoms with Crippen molar-refractivity contribution in [2.24, 2.45) is 0 Å². The Morgan fingerprint density at radius 3 is 1.01 bits per heavy atom. The van der Waals surface area contributed by atoms with Crippen LogP contribution >= 0.6 is 0 Å². The Bertz CT molecular complexity index is 1440. The maximum Gasteiger partial charge on any atom is 0.306 e. The first-order valence-corrected chi connectivity index (χ1v) is 30.8. The molecule has 0 radical (unpaired) electrons. The van der Waals surface area contributed by atoms with Crippen LogP contribution in [0.2, 0.25) is 0 Å². The van der Waals surface area contributed by atoms with Crippen LogP contribution in [0.3, 0.4) is 0 Å². The zero-order chi connectivity index (χ0) is 52.9. The number of rotatable bonds is 55. The van der Waals surface area contributed by atoms with Gasteiger partial charge in [0.2, 0.25) is 0 Å². The van der Waals surface area contributed by atoms with Crippen molar-refractivity contribution in [2.75, 3.05) is 13.2 Å². The number of carbonyl (C=O) groups is 3. The Morgan fingerprint density at radius 1 is 0.301 bits per heavy atom. The van der Waals surface area contributed by atoms with Crippen LogP contribution in [0.1, 0.15) is 290 Å². The molecule has 0 aromatic carbocycles. The summed E-state index contributed by atoms with van der Waals surface area (Å²) in [5.74, 6) is -0.908. The summed E-state index contributed by atoms with van der Waals surface area (Å²) in [6, 6.07) is 0. The van der Waals surface area contributed by atoms with Crippen LogP contribution in [0.25, 0.3) is 0 Å². The van der Waals surface area contributed by atoms with Gasteiger partial charge in [0.05, 0.1) is 0 Å². The minimum Gasteiger partial charge on any atom is -0.462 e. The minimum atomic E-state index is -0.794. The Labute approximate surface area is 451 Å². The number of unbranched alkanes of at least 4 members (excludes halogenated alkanes) is 32. The Hall–Kier alpha value is -3.67. The standard InChI is InChI=1S/C67H114O6/c1-4-7-10-13-16-19-22-25-28-31-34-37-39-42-45-48-51-54-57-60-66(69)72-63-64(73-67(70)61-58-55-52-49-46-43-40-36-33-30-27-24-21-18-15-12-9-6-3)62-71-65(68)59-56-53-50-47-44-41-38-35-32-29-26-23-20-17-14-11-8-5-2/h7,10,12,15-16,18-19,21,24-25,27-28,30,33,36,40,64H,4-6,8-9,11,13-14,17,20,22-23,26,29,31-32,34-35,37-39,41-63H2,1-3H3/b10-7-,15-12-,19-16-,21-18-,27-24-,28-25-,33-30-,40-36-. The Kier molecular flexibility index (Phi) is 57.8. The summed E-state index contributed by atoms with van der Waals surface area (Å²) in [6.45, 7) is 6.45. The smallest absolute Gasteiger partial charge is 0.306 e. The SMILES string of the molecule is CC/C=C\C/C=C\C/C=C\CCCCCCCCCCCC(=O)OCC(COC(=O)CCCCCCCCCCCCCCCCCCCC)OC(=O)CCCCCCC\C=C/C=C\C=C/C=C\C=C/CCC. The summed E-state index contributed by atoms with van der Waals surface area (Å²) in [5.41, 5.74) is 0. The van der Waals surface area contributed by atoms with Crippen LogP contribution in [0, 0.1) is 0 Å². The van der Waals surface area contributed by atoms with Gasteiger partial charge >= 0.3 is 17.9 Å². The van der Waals surface area contributed by atoms with Crippen molar-refractivity contribution in [3.05, 3.63) is 97.2 Å². The van der Waals surface area contributed by atoms with Gasteiger partial charge in [-0.2, -0.15) is 0 Å². The summed E-state index contributed by atoms with van der Waals surface area (Å²) < 4.78 is 16.9. The molecule has 0 aliphatic rings. The van der Waals surface area contributed by atoms with Crippen molar-refractivity contribution >= 4 is 17.9 Å². The van der Waals surface area contributed by atoms with Crippen LogP contribution < -0.4 is 0 Å². The van der Waals surface area contributed by atoms with Gasteiger partial charge in [-0.3, -0.25) is 14.4 Å². The molecule has 0 spiro atoms. The highest BCUT2D eigenvalue weighted by Gasteiger charge is 2.19. The summed E-state index contributed by atoms with van der Waals surface area (Å²) in [5, 5.41) is 0. The fraction of sp³-hybridized carbons (Fsp3) is 0.716. The van der Waals surface area contributed by atoms with E-state index in [1.807, 2.05) is 24.3 Å². The monoisotopic (exact) mass is 1010 g/mol. The molecule has 418 valence electrons. The van der Waals surface area contributed by atoms with E-state index in [4.69, 9.17) is 14.2 Å². The van der Waals surface area contributed by atoms with Gasteiger partial charge in [0.25, 0.3) is 0 Å². The van der Waals surface area contributed by atoms with Crippen LogP contribution in [0.5, 0.6) is 0 Å². The molecule has 0 bridgehead atoms. The van der Waals surface area contributed by atoms with Crippen LogP contribution in [0.15, 0.2) is 97.2 Å². The van der Waals surface area contributed by atoms with Crippen LogP contribution in [-0.4, -0.2) is 37.2 Å². The summed E-state index contributed by atoms with van der Waals surface area (Å²) >= 11 is 0. The second kappa shape index (κ2) is 60.9. The van der Waals surface area contributed by atoms with Crippen molar-refractivity contribution in [1.29, 1.82) is 0 Å². The average molecular weight is 1020 g/mol. The molecule has 0 aliphatic carbocycles. The molecule has 0 saturated carbocycles. The molecule has 6 nitrogen and oxygen atoms in total.